The van der Waals surface area contributed by atoms with Gasteiger partial charge in [0.05, 0.1) is 6.20 Å². The van der Waals surface area contributed by atoms with Crippen LogP contribution in [0.4, 0.5) is 10.9 Å². The summed E-state index contributed by atoms with van der Waals surface area (Å²) in [6.45, 7) is 1.75. The Labute approximate surface area is 101 Å². The number of hydrogen-bond donors (Lipinski definition) is 1. The Balaban J connectivity index is 2.23. The van der Waals surface area contributed by atoms with Crippen molar-refractivity contribution in [2.24, 2.45) is 0 Å². The van der Waals surface area contributed by atoms with Gasteiger partial charge in [-0.2, -0.15) is 5.26 Å². The molecule has 7 heteroatoms. The number of anilines is 2. The van der Waals surface area contributed by atoms with E-state index in [1.165, 1.54) is 17.5 Å². The van der Waals surface area contributed by atoms with Gasteiger partial charge in [-0.1, -0.05) is 22.9 Å². The number of nitrogens with one attached hydrogen (secondary N) is 1. The van der Waals surface area contributed by atoms with E-state index in [4.69, 9.17) is 16.9 Å². The number of nitriles is 1. The highest BCUT2D eigenvalue weighted by molar-refractivity contribution is 7.16. The van der Waals surface area contributed by atoms with Gasteiger partial charge in [-0.15, -0.1) is 0 Å². The molecule has 0 saturated carbocycles. The van der Waals surface area contributed by atoms with E-state index in [1.807, 2.05) is 6.07 Å². The Bertz CT molecular complexity index is 539. The average Bonchev–Trinajstić information content (AvgIpc) is 2.64. The van der Waals surface area contributed by atoms with E-state index in [-0.39, 0.29) is 0 Å². The van der Waals surface area contributed by atoms with Crippen LogP contribution in [0.2, 0.25) is 5.15 Å². The number of hydrogen-bond acceptors (Lipinski definition) is 6. The number of aromatic nitrogens is 3. The summed E-state index contributed by atoms with van der Waals surface area (Å²) < 4.78 is 0. The first-order valence-corrected chi connectivity index (χ1v) is 5.51. The van der Waals surface area contributed by atoms with Gasteiger partial charge in [0, 0.05) is 6.07 Å². The summed E-state index contributed by atoms with van der Waals surface area (Å²) in [6, 6.07) is 3.61. The van der Waals surface area contributed by atoms with E-state index in [9.17, 15) is 0 Å². The zero-order valence-corrected chi connectivity index (χ0v) is 9.80. The van der Waals surface area contributed by atoms with Crippen molar-refractivity contribution in [3.8, 4) is 6.07 Å². The van der Waals surface area contributed by atoms with Crippen molar-refractivity contribution in [1.29, 1.82) is 5.26 Å². The third-order valence-corrected chi connectivity index (χ3v) is 2.67. The van der Waals surface area contributed by atoms with E-state index in [1.54, 1.807) is 13.0 Å². The third-order valence-electron chi connectivity index (χ3n) is 1.66. The van der Waals surface area contributed by atoms with E-state index in [0.717, 1.165) is 0 Å². The van der Waals surface area contributed by atoms with E-state index in [0.29, 0.717) is 26.8 Å². The fourth-order valence-corrected chi connectivity index (χ4v) is 1.93. The standard InChI is InChI=1S/C9H6ClN5S/c1-5-13-7(10)2-8(14-5)15-9-12-4-6(3-11)16-9/h2,4H,1H3,(H,12,13,14,15). The molecule has 2 aromatic heterocycles. The molecule has 0 aromatic carbocycles. The molecule has 0 saturated heterocycles. The van der Waals surface area contributed by atoms with Crippen LogP contribution >= 0.6 is 22.9 Å². The minimum absolute atomic E-state index is 0.368. The van der Waals surface area contributed by atoms with Crippen LogP contribution in [0.15, 0.2) is 12.3 Å². The summed E-state index contributed by atoms with van der Waals surface area (Å²) in [6.07, 6.45) is 1.50. The van der Waals surface area contributed by atoms with Gasteiger partial charge in [-0.25, -0.2) is 15.0 Å². The van der Waals surface area contributed by atoms with Crippen molar-refractivity contribution >= 4 is 33.9 Å². The molecular formula is C9H6ClN5S. The van der Waals surface area contributed by atoms with Crippen LogP contribution in [0, 0.1) is 18.3 Å². The first-order chi connectivity index (χ1) is 7.67. The van der Waals surface area contributed by atoms with Gasteiger partial charge in [-0.3, -0.25) is 0 Å². The molecule has 0 aliphatic carbocycles. The first kappa shape index (κ1) is 10.8. The highest BCUT2D eigenvalue weighted by Crippen LogP contribution is 2.21. The summed E-state index contributed by atoms with van der Waals surface area (Å²) >= 11 is 7.04. The molecule has 0 atom stereocenters. The van der Waals surface area contributed by atoms with Crippen molar-refractivity contribution in [2.75, 3.05) is 5.32 Å². The van der Waals surface area contributed by atoms with Gasteiger partial charge in [0.1, 0.15) is 27.7 Å². The van der Waals surface area contributed by atoms with Crippen LogP contribution in [0.5, 0.6) is 0 Å². The zero-order valence-electron chi connectivity index (χ0n) is 8.23. The largest absolute Gasteiger partial charge is 0.316 e. The summed E-state index contributed by atoms with van der Waals surface area (Å²) in [7, 11) is 0. The Morgan fingerprint density at radius 1 is 1.50 bits per heavy atom. The van der Waals surface area contributed by atoms with E-state index >= 15 is 0 Å². The quantitative estimate of drug-likeness (QED) is 0.830. The fourth-order valence-electron chi connectivity index (χ4n) is 1.09. The molecule has 80 valence electrons. The van der Waals surface area contributed by atoms with Crippen LogP contribution in [-0.4, -0.2) is 15.0 Å². The lowest BCUT2D eigenvalue weighted by atomic mass is 10.5. The number of rotatable bonds is 2. The normalized spacial score (nSPS) is 9.81. The molecule has 16 heavy (non-hydrogen) atoms. The highest BCUT2D eigenvalue weighted by atomic mass is 35.5. The zero-order chi connectivity index (χ0) is 11.5. The number of thiazole rings is 1. The molecule has 2 heterocycles. The van der Waals surface area contributed by atoms with Crippen LogP contribution < -0.4 is 5.32 Å². The molecule has 0 fully saturated rings. The molecule has 0 bridgehead atoms. The SMILES string of the molecule is Cc1nc(Cl)cc(Nc2ncc(C#N)s2)n1. The maximum absolute atomic E-state index is 8.65. The predicted octanol–water partition coefficient (Wildman–Crippen LogP) is 2.51. The summed E-state index contributed by atoms with van der Waals surface area (Å²) in [5.74, 6) is 1.14. The molecule has 0 spiro atoms. The van der Waals surface area contributed by atoms with Gasteiger partial charge in [0.25, 0.3) is 0 Å². The lowest BCUT2D eigenvalue weighted by Gasteiger charge is -2.02. The van der Waals surface area contributed by atoms with E-state index in [2.05, 4.69) is 20.3 Å². The van der Waals surface area contributed by atoms with Gasteiger partial charge in [0.2, 0.25) is 0 Å². The van der Waals surface area contributed by atoms with Gasteiger partial charge < -0.3 is 5.32 Å². The van der Waals surface area contributed by atoms with E-state index < -0.39 is 0 Å². The number of halogens is 1. The molecule has 2 aromatic rings. The second-order valence-electron chi connectivity index (χ2n) is 2.89. The summed E-state index contributed by atoms with van der Waals surface area (Å²) in [5.41, 5.74) is 0. The molecule has 0 unspecified atom stereocenters. The smallest absolute Gasteiger partial charge is 0.189 e. The number of aryl methyl sites for hydroxylation is 1. The van der Waals surface area contributed by atoms with Crippen molar-refractivity contribution in [2.45, 2.75) is 6.92 Å². The predicted molar refractivity (Wildman–Crippen MR) is 61.9 cm³/mol. The van der Waals surface area contributed by atoms with Crippen LogP contribution in [-0.2, 0) is 0 Å². The van der Waals surface area contributed by atoms with Crippen molar-refractivity contribution < 1.29 is 0 Å². The highest BCUT2D eigenvalue weighted by Gasteiger charge is 2.04. The van der Waals surface area contributed by atoms with Crippen molar-refractivity contribution in [3.63, 3.8) is 0 Å². The maximum Gasteiger partial charge on any atom is 0.189 e. The minimum Gasteiger partial charge on any atom is -0.316 e. The molecule has 0 amide bonds. The molecule has 1 N–H and O–H groups in total. The van der Waals surface area contributed by atoms with Crippen molar-refractivity contribution in [1.82, 2.24) is 15.0 Å². The maximum atomic E-state index is 8.65. The van der Waals surface area contributed by atoms with Crippen LogP contribution in [0.1, 0.15) is 10.7 Å². The second-order valence-corrected chi connectivity index (χ2v) is 4.31. The van der Waals surface area contributed by atoms with Crippen LogP contribution in [0.25, 0.3) is 0 Å². The Morgan fingerprint density at radius 3 is 2.94 bits per heavy atom. The molecule has 0 radical (unpaired) electrons. The molecule has 0 aliphatic rings. The lowest BCUT2D eigenvalue weighted by Crippen LogP contribution is -1.96. The Hall–Kier alpha value is -1.71. The van der Waals surface area contributed by atoms with Gasteiger partial charge >= 0.3 is 0 Å². The number of nitrogens with zero attached hydrogens (tertiary/aromatic N) is 4. The first-order valence-electron chi connectivity index (χ1n) is 4.31. The Morgan fingerprint density at radius 2 is 2.31 bits per heavy atom. The minimum atomic E-state index is 0.368. The molecular weight excluding hydrogens is 246 g/mol. The Kier molecular flexibility index (Phi) is 2.99. The summed E-state index contributed by atoms with van der Waals surface area (Å²) in [5, 5.41) is 12.6. The van der Waals surface area contributed by atoms with Crippen molar-refractivity contribution in [3.05, 3.63) is 28.1 Å². The summed E-state index contributed by atoms with van der Waals surface area (Å²) in [4.78, 5) is 12.6. The monoisotopic (exact) mass is 251 g/mol. The molecule has 5 nitrogen and oxygen atoms in total. The van der Waals surface area contributed by atoms with Gasteiger partial charge in [0.15, 0.2) is 5.13 Å². The topological polar surface area (TPSA) is 74.5 Å². The average molecular weight is 252 g/mol. The molecule has 0 aliphatic heterocycles. The third kappa shape index (κ3) is 2.45. The van der Waals surface area contributed by atoms with Crippen LogP contribution in [0.3, 0.4) is 0 Å². The lowest BCUT2D eigenvalue weighted by molar-refractivity contribution is 1.06. The molecule has 2 rings (SSSR count). The fraction of sp³-hybridized carbons (Fsp3) is 0.111. The van der Waals surface area contributed by atoms with Gasteiger partial charge in [-0.05, 0) is 6.92 Å². The second kappa shape index (κ2) is 4.43.